The molecule has 174 valence electrons. The van der Waals surface area contributed by atoms with Gasteiger partial charge in [0.1, 0.15) is 11.4 Å². The number of para-hydroxylation sites is 3. The summed E-state index contributed by atoms with van der Waals surface area (Å²) in [6.45, 7) is 4.20. The van der Waals surface area contributed by atoms with Crippen molar-refractivity contribution in [3.8, 4) is 11.5 Å². The van der Waals surface area contributed by atoms with Crippen LogP contribution in [0.15, 0.2) is 83.9 Å². The molecule has 0 spiro atoms. The highest BCUT2D eigenvalue weighted by atomic mass is 32.2. The molecule has 1 heterocycles. The maximum absolute atomic E-state index is 13.1. The van der Waals surface area contributed by atoms with Crippen LogP contribution in [0.25, 0.3) is 11.0 Å². The summed E-state index contributed by atoms with van der Waals surface area (Å²) in [5.74, 6) is 0.309. The van der Waals surface area contributed by atoms with Crippen molar-refractivity contribution in [1.82, 2.24) is 14.3 Å². The highest BCUT2D eigenvalue weighted by Crippen LogP contribution is 2.33. The summed E-state index contributed by atoms with van der Waals surface area (Å²) in [6.07, 6.45) is 1.38. The number of nitrogens with zero attached hydrogens (tertiary/aromatic N) is 3. The van der Waals surface area contributed by atoms with E-state index in [4.69, 9.17) is 4.74 Å². The molecule has 0 atom stereocenters. The lowest BCUT2D eigenvalue weighted by Gasteiger charge is -2.20. The number of sulfonamides is 1. The number of benzene rings is 3. The molecule has 9 heteroatoms. The minimum Gasteiger partial charge on any atom is -0.455 e. The second-order valence-corrected chi connectivity index (χ2v) is 9.30. The average Bonchev–Trinajstić information content (AvgIpc) is 2.86. The van der Waals surface area contributed by atoms with E-state index in [0.717, 1.165) is 0 Å². The Morgan fingerprint density at radius 1 is 0.941 bits per heavy atom. The lowest BCUT2D eigenvalue weighted by atomic mass is 10.2. The first-order valence-electron chi connectivity index (χ1n) is 10.8. The summed E-state index contributed by atoms with van der Waals surface area (Å²) in [5, 5.41) is 2.75. The van der Waals surface area contributed by atoms with Crippen LogP contribution in [0.2, 0.25) is 0 Å². The van der Waals surface area contributed by atoms with Gasteiger partial charge in [0.15, 0.2) is 5.75 Å². The molecule has 0 aliphatic heterocycles. The Hall–Kier alpha value is -3.82. The lowest BCUT2D eigenvalue weighted by molar-refractivity contribution is 0.102. The lowest BCUT2D eigenvalue weighted by Crippen LogP contribution is -2.30. The highest BCUT2D eigenvalue weighted by molar-refractivity contribution is 7.89. The van der Waals surface area contributed by atoms with Gasteiger partial charge >= 0.3 is 0 Å². The van der Waals surface area contributed by atoms with Gasteiger partial charge in [-0.25, -0.2) is 13.4 Å². The summed E-state index contributed by atoms with van der Waals surface area (Å²) < 4.78 is 33.4. The van der Waals surface area contributed by atoms with E-state index >= 15 is 0 Å². The zero-order chi connectivity index (χ0) is 24.1. The fourth-order valence-corrected chi connectivity index (χ4v) is 4.92. The van der Waals surface area contributed by atoms with Crippen molar-refractivity contribution in [1.29, 1.82) is 0 Å². The Morgan fingerprint density at radius 3 is 2.32 bits per heavy atom. The molecule has 4 rings (SSSR count). The Balaban J connectivity index is 1.72. The summed E-state index contributed by atoms with van der Waals surface area (Å²) >= 11 is 0. The van der Waals surface area contributed by atoms with Gasteiger partial charge in [-0.15, -0.1) is 0 Å². The van der Waals surface area contributed by atoms with E-state index in [0.29, 0.717) is 35.6 Å². The van der Waals surface area contributed by atoms with Gasteiger partial charge in [0.05, 0.1) is 27.8 Å². The summed E-state index contributed by atoms with van der Waals surface area (Å²) in [7, 11) is -3.74. The number of nitrogens with one attached hydrogen (secondary N) is 1. The number of anilines is 1. The number of rotatable bonds is 8. The third-order valence-corrected chi connectivity index (χ3v) is 7.24. The molecule has 0 bridgehead atoms. The van der Waals surface area contributed by atoms with Gasteiger partial charge in [-0.1, -0.05) is 44.2 Å². The first kappa shape index (κ1) is 23.3. The van der Waals surface area contributed by atoms with Crippen LogP contribution in [0.4, 0.5) is 5.69 Å². The predicted octanol–water partition coefficient (Wildman–Crippen LogP) is 4.70. The molecule has 1 aromatic heterocycles. The van der Waals surface area contributed by atoms with E-state index in [1.807, 2.05) is 30.3 Å². The molecule has 0 aliphatic rings. The Labute approximate surface area is 198 Å². The fourth-order valence-electron chi connectivity index (χ4n) is 3.44. The Bertz CT molecular complexity index is 1420. The van der Waals surface area contributed by atoms with Gasteiger partial charge in [-0.2, -0.15) is 4.31 Å². The van der Waals surface area contributed by atoms with Crippen molar-refractivity contribution >= 4 is 32.7 Å². The third-order valence-electron chi connectivity index (χ3n) is 5.19. The van der Waals surface area contributed by atoms with Crippen molar-refractivity contribution in [3.05, 3.63) is 84.7 Å². The van der Waals surface area contributed by atoms with Crippen LogP contribution in [-0.2, 0) is 10.0 Å². The van der Waals surface area contributed by atoms with Crippen molar-refractivity contribution in [2.75, 3.05) is 18.4 Å². The minimum absolute atomic E-state index is 0.0523. The van der Waals surface area contributed by atoms with Crippen LogP contribution in [0.1, 0.15) is 24.3 Å². The Morgan fingerprint density at radius 2 is 1.62 bits per heavy atom. The number of aromatic nitrogens is 2. The quantitative estimate of drug-likeness (QED) is 0.395. The molecule has 1 N–H and O–H groups in total. The van der Waals surface area contributed by atoms with Gasteiger partial charge in [0.25, 0.3) is 5.91 Å². The van der Waals surface area contributed by atoms with Crippen molar-refractivity contribution in [2.45, 2.75) is 18.7 Å². The molecule has 3 aromatic carbocycles. The zero-order valence-corrected chi connectivity index (χ0v) is 19.6. The topological polar surface area (TPSA) is 101 Å². The summed E-state index contributed by atoms with van der Waals surface area (Å²) in [4.78, 5) is 21.7. The zero-order valence-electron chi connectivity index (χ0n) is 18.8. The number of hydrogen-bond acceptors (Lipinski definition) is 6. The van der Waals surface area contributed by atoms with Gasteiger partial charge in [0.2, 0.25) is 10.0 Å². The van der Waals surface area contributed by atoms with E-state index in [1.54, 1.807) is 38.1 Å². The van der Waals surface area contributed by atoms with Crippen molar-refractivity contribution in [2.24, 2.45) is 0 Å². The van der Waals surface area contributed by atoms with Crippen LogP contribution in [0, 0.1) is 0 Å². The molecule has 0 aliphatic carbocycles. The van der Waals surface area contributed by atoms with E-state index in [2.05, 4.69) is 15.3 Å². The van der Waals surface area contributed by atoms with Crippen LogP contribution < -0.4 is 10.1 Å². The molecular weight excluding hydrogens is 452 g/mol. The second-order valence-electron chi connectivity index (χ2n) is 7.36. The molecular formula is C25H24N4O4S. The summed E-state index contributed by atoms with van der Waals surface area (Å²) in [5.41, 5.74) is 1.55. The SMILES string of the molecule is CCN(CC)S(=O)(=O)c1ccc(Oc2ccccc2)c(NC(=O)c2cnc3ccccc3n2)c1. The largest absolute Gasteiger partial charge is 0.455 e. The molecule has 4 aromatic rings. The van der Waals surface area contributed by atoms with Crippen LogP contribution in [0.3, 0.4) is 0 Å². The standard InChI is InChI=1S/C25H24N4O4S/c1-3-29(4-2)34(31,32)19-14-15-24(33-18-10-6-5-7-11-18)22(16-19)28-25(30)23-17-26-20-12-8-9-13-21(20)27-23/h5-17H,3-4H2,1-2H3,(H,28,30). The molecule has 0 fully saturated rings. The number of ether oxygens (including phenoxy) is 1. The van der Waals surface area contributed by atoms with Crippen LogP contribution in [-0.4, -0.2) is 41.7 Å². The van der Waals surface area contributed by atoms with Gasteiger partial charge in [-0.05, 0) is 42.5 Å². The van der Waals surface area contributed by atoms with Gasteiger partial charge in [-0.3, -0.25) is 9.78 Å². The number of hydrogen-bond donors (Lipinski definition) is 1. The number of fused-ring (bicyclic) bond motifs is 1. The maximum atomic E-state index is 13.1. The number of carbonyl (C=O) groups is 1. The number of amides is 1. The van der Waals surface area contributed by atoms with Crippen LogP contribution in [0.5, 0.6) is 11.5 Å². The summed E-state index contributed by atoms with van der Waals surface area (Å²) in [6, 6.07) is 20.6. The van der Waals surface area contributed by atoms with E-state index in [-0.39, 0.29) is 16.3 Å². The molecule has 0 radical (unpaired) electrons. The third kappa shape index (κ3) is 4.90. The van der Waals surface area contributed by atoms with E-state index in [9.17, 15) is 13.2 Å². The molecule has 8 nitrogen and oxygen atoms in total. The van der Waals surface area contributed by atoms with E-state index in [1.165, 1.54) is 28.7 Å². The second kappa shape index (κ2) is 9.98. The molecule has 0 unspecified atom stereocenters. The molecule has 1 amide bonds. The first-order chi connectivity index (χ1) is 16.4. The normalized spacial score (nSPS) is 11.5. The average molecular weight is 477 g/mol. The first-order valence-corrected chi connectivity index (χ1v) is 12.3. The van der Waals surface area contributed by atoms with Crippen molar-refractivity contribution in [3.63, 3.8) is 0 Å². The molecule has 34 heavy (non-hydrogen) atoms. The Kier molecular flexibility index (Phi) is 6.85. The minimum atomic E-state index is -3.74. The molecule has 0 saturated heterocycles. The van der Waals surface area contributed by atoms with E-state index < -0.39 is 15.9 Å². The monoisotopic (exact) mass is 476 g/mol. The fraction of sp³-hybridized carbons (Fsp3) is 0.160. The van der Waals surface area contributed by atoms with Crippen molar-refractivity contribution < 1.29 is 17.9 Å². The molecule has 0 saturated carbocycles. The maximum Gasteiger partial charge on any atom is 0.275 e. The predicted molar refractivity (Wildman–Crippen MR) is 131 cm³/mol. The smallest absolute Gasteiger partial charge is 0.275 e. The van der Waals surface area contributed by atoms with Gasteiger partial charge < -0.3 is 10.1 Å². The van der Waals surface area contributed by atoms with Gasteiger partial charge in [0, 0.05) is 13.1 Å². The van der Waals surface area contributed by atoms with Crippen LogP contribution >= 0.6 is 0 Å². The highest BCUT2D eigenvalue weighted by Gasteiger charge is 2.24. The number of carbonyl (C=O) groups excluding carboxylic acids is 1.